The molecule has 2 fully saturated rings. The van der Waals surface area contributed by atoms with Gasteiger partial charge in [0.1, 0.15) is 24.4 Å². The first-order chi connectivity index (χ1) is 9.42. The Morgan fingerprint density at radius 2 is 1.26 bits per heavy atom. The normalized spacial score (nSPS) is 35.4. The molecule has 0 aromatic heterocycles. The molecule has 2 saturated heterocycles. The molecule has 3 heteroatoms. The van der Waals surface area contributed by atoms with Crippen molar-refractivity contribution in [3.05, 3.63) is 47.5 Å². The number of hydrogen-bond donors (Lipinski definition) is 0. The van der Waals surface area contributed by atoms with Crippen molar-refractivity contribution in [2.75, 3.05) is 13.2 Å². The molecule has 0 amide bonds. The van der Waals surface area contributed by atoms with Gasteiger partial charge in [0.25, 0.3) is 0 Å². The van der Waals surface area contributed by atoms with Crippen LogP contribution in [0.15, 0.2) is 36.4 Å². The highest BCUT2D eigenvalue weighted by molar-refractivity contribution is 5.90. The summed E-state index contributed by atoms with van der Waals surface area (Å²) in [5.74, 6) is 0. The average Bonchev–Trinajstić information content (AvgIpc) is 3.32. The molecular weight excluding hydrogens is 240 g/mol. The summed E-state index contributed by atoms with van der Waals surface area (Å²) in [7, 11) is 0. The van der Waals surface area contributed by atoms with Crippen molar-refractivity contribution in [1.29, 1.82) is 0 Å². The van der Waals surface area contributed by atoms with Crippen molar-refractivity contribution in [2.45, 2.75) is 24.4 Å². The third-order valence-corrected chi connectivity index (χ3v) is 4.33. The lowest BCUT2D eigenvalue weighted by molar-refractivity contribution is 0.102. The van der Waals surface area contributed by atoms with E-state index in [9.17, 15) is 0 Å². The molecular formula is C16H14O3. The molecule has 4 unspecified atom stereocenters. The summed E-state index contributed by atoms with van der Waals surface area (Å²) in [6, 6.07) is 13.0. The van der Waals surface area contributed by atoms with Gasteiger partial charge in [-0.25, -0.2) is 0 Å². The highest BCUT2D eigenvalue weighted by atomic mass is 16.6. The molecule has 96 valence electrons. The van der Waals surface area contributed by atoms with Crippen LogP contribution in [0.4, 0.5) is 0 Å². The number of epoxide rings is 2. The van der Waals surface area contributed by atoms with Gasteiger partial charge in [-0.1, -0.05) is 36.4 Å². The van der Waals surface area contributed by atoms with E-state index in [0.717, 1.165) is 0 Å². The fraction of sp³-hybridized carbons (Fsp3) is 0.375. The summed E-state index contributed by atoms with van der Waals surface area (Å²) in [6.07, 6.45) is 0.831. The standard InChI is InChI=1S/C16H14O3/c1-2-4-10-9(3-1)11-5-6-12(10)16-14(19-16)8-17-7-13-15(11)18-13/h1-6,13-16H,7-8H2. The summed E-state index contributed by atoms with van der Waals surface area (Å²) < 4.78 is 17.2. The van der Waals surface area contributed by atoms with E-state index in [1.54, 1.807) is 0 Å². The topological polar surface area (TPSA) is 34.3 Å². The third kappa shape index (κ3) is 1.49. The van der Waals surface area contributed by atoms with Gasteiger partial charge in [0.2, 0.25) is 0 Å². The molecule has 0 N–H and O–H groups in total. The number of ether oxygens (including phenoxy) is 3. The van der Waals surface area contributed by atoms with Crippen LogP contribution in [-0.4, -0.2) is 25.4 Å². The molecule has 4 atom stereocenters. The fourth-order valence-electron chi connectivity index (χ4n) is 3.23. The van der Waals surface area contributed by atoms with E-state index in [2.05, 4.69) is 36.4 Å². The summed E-state index contributed by atoms with van der Waals surface area (Å²) in [5.41, 5.74) is 2.57. The first kappa shape index (κ1) is 10.4. The highest BCUT2D eigenvalue weighted by Gasteiger charge is 2.46. The third-order valence-electron chi connectivity index (χ3n) is 4.33. The summed E-state index contributed by atoms with van der Waals surface area (Å²) >= 11 is 0. The molecule has 6 rings (SSSR count). The zero-order valence-corrected chi connectivity index (χ0v) is 10.4. The van der Waals surface area contributed by atoms with Crippen LogP contribution < -0.4 is 0 Å². The second-order valence-corrected chi connectivity index (χ2v) is 5.52. The van der Waals surface area contributed by atoms with Crippen LogP contribution in [0, 0.1) is 0 Å². The molecule has 2 bridgehead atoms. The van der Waals surface area contributed by atoms with Gasteiger partial charge in [-0.2, -0.15) is 0 Å². The average molecular weight is 254 g/mol. The predicted molar refractivity (Wildman–Crippen MR) is 70.0 cm³/mol. The quantitative estimate of drug-likeness (QED) is 0.678. The Balaban J connectivity index is 1.76. The summed E-state index contributed by atoms with van der Waals surface area (Å²) in [6.45, 7) is 1.35. The van der Waals surface area contributed by atoms with Crippen LogP contribution >= 0.6 is 0 Å². The van der Waals surface area contributed by atoms with Crippen LogP contribution in [0.1, 0.15) is 23.3 Å². The zero-order chi connectivity index (χ0) is 12.4. The Hall–Kier alpha value is -1.42. The molecule has 19 heavy (non-hydrogen) atoms. The molecule has 2 aromatic rings. The van der Waals surface area contributed by atoms with Crippen molar-refractivity contribution in [3.63, 3.8) is 0 Å². The molecule has 0 radical (unpaired) electrons. The van der Waals surface area contributed by atoms with Crippen molar-refractivity contribution >= 4 is 10.8 Å². The lowest BCUT2D eigenvalue weighted by atomic mass is 9.95. The highest BCUT2D eigenvalue weighted by Crippen LogP contribution is 2.47. The number of benzene rings is 2. The lowest BCUT2D eigenvalue weighted by Crippen LogP contribution is -2.07. The summed E-state index contributed by atoms with van der Waals surface area (Å²) in [4.78, 5) is 0. The Kier molecular flexibility index (Phi) is 1.95. The number of rotatable bonds is 0. The second kappa shape index (κ2) is 3.57. The SMILES string of the molecule is c1ccc2c3ccc(c2c1)C1OC1COCC1OC31. The fourth-order valence-corrected chi connectivity index (χ4v) is 3.23. The Labute approximate surface area is 111 Å². The van der Waals surface area contributed by atoms with Gasteiger partial charge in [0.15, 0.2) is 0 Å². The Morgan fingerprint density at radius 1 is 0.737 bits per heavy atom. The van der Waals surface area contributed by atoms with Gasteiger partial charge in [0.05, 0.1) is 13.2 Å². The lowest BCUT2D eigenvalue weighted by Gasteiger charge is -2.08. The van der Waals surface area contributed by atoms with Gasteiger partial charge in [-0.05, 0) is 21.9 Å². The molecule has 0 aliphatic carbocycles. The molecule has 0 spiro atoms. The predicted octanol–water partition coefficient (Wildman–Crippen LogP) is 2.75. The molecule has 4 aliphatic heterocycles. The Bertz CT molecular complexity index is 610. The molecule has 2 aromatic carbocycles. The second-order valence-electron chi connectivity index (χ2n) is 5.52. The van der Waals surface area contributed by atoms with Crippen LogP contribution in [0.25, 0.3) is 10.8 Å². The van der Waals surface area contributed by atoms with Crippen LogP contribution in [-0.2, 0) is 14.2 Å². The first-order valence-corrected chi connectivity index (χ1v) is 6.82. The maximum absolute atomic E-state index is 5.76. The first-order valence-electron chi connectivity index (χ1n) is 6.82. The minimum Gasteiger partial charge on any atom is -0.376 e. The molecule has 0 saturated carbocycles. The van der Waals surface area contributed by atoms with Crippen LogP contribution in [0.5, 0.6) is 0 Å². The largest absolute Gasteiger partial charge is 0.376 e. The van der Waals surface area contributed by atoms with Gasteiger partial charge >= 0.3 is 0 Å². The monoisotopic (exact) mass is 254 g/mol. The minimum absolute atomic E-state index is 0.203. The van der Waals surface area contributed by atoms with E-state index in [1.807, 2.05) is 0 Å². The van der Waals surface area contributed by atoms with E-state index in [0.29, 0.717) is 13.2 Å². The zero-order valence-electron chi connectivity index (χ0n) is 10.4. The van der Waals surface area contributed by atoms with E-state index in [-0.39, 0.29) is 24.4 Å². The maximum Gasteiger partial charge on any atom is 0.112 e. The van der Waals surface area contributed by atoms with Crippen LogP contribution in [0.3, 0.4) is 0 Å². The summed E-state index contributed by atoms with van der Waals surface area (Å²) in [5, 5.41) is 2.59. The Morgan fingerprint density at radius 3 is 1.79 bits per heavy atom. The molecule has 4 heterocycles. The van der Waals surface area contributed by atoms with E-state index < -0.39 is 0 Å². The van der Waals surface area contributed by atoms with Gasteiger partial charge in [-0.15, -0.1) is 0 Å². The van der Waals surface area contributed by atoms with Crippen molar-refractivity contribution in [1.82, 2.24) is 0 Å². The smallest absolute Gasteiger partial charge is 0.112 e. The minimum atomic E-state index is 0.203. The maximum atomic E-state index is 5.76. The van der Waals surface area contributed by atoms with Crippen molar-refractivity contribution in [2.24, 2.45) is 0 Å². The van der Waals surface area contributed by atoms with E-state index >= 15 is 0 Å². The molecule has 3 nitrogen and oxygen atoms in total. The van der Waals surface area contributed by atoms with Crippen molar-refractivity contribution < 1.29 is 14.2 Å². The number of hydrogen-bond acceptors (Lipinski definition) is 3. The van der Waals surface area contributed by atoms with Gasteiger partial charge in [-0.3, -0.25) is 0 Å². The van der Waals surface area contributed by atoms with Crippen LogP contribution in [0.2, 0.25) is 0 Å². The van der Waals surface area contributed by atoms with E-state index in [4.69, 9.17) is 14.2 Å². The van der Waals surface area contributed by atoms with Gasteiger partial charge < -0.3 is 14.2 Å². The van der Waals surface area contributed by atoms with Crippen molar-refractivity contribution in [3.8, 4) is 0 Å². The number of fused-ring (bicyclic) bond motifs is 3. The van der Waals surface area contributed by atoms with E-state index in [1.165, 1.54) is 21.9 Å². The molecule has 4 aliphatic rings. The van der Waals surface area contributed by atoms with Gasteiger partial charge in [0, 0.05) is 0 Å².